The van der Waals surface area contributed by atoms with Crippen molar-refractivity contribution in [2.24, 2.45) is 5.41 Å². The van der Waals surface area contributed by atoms with Crippen LogP contribution in [0.2, 0.25) is 0 Å². The van der Waals surface area contributed by atoms with Crippen LogP contribution in [0.25, 0.3) is 0 Å². The van der Waals surface area contributed by atoms with Gasteiger partial charge in [-0.15, -0.1) is 0 Å². The van der Waals surface area contributed by atoms with Crippen molar-refractivity contribution in [2.75, 3.05) is 5.75 Å². The maximum absolute atomic E-state index is 11.8. The van der Waals surface area contributed by atoms with Gasteiger partial charge >= 0.3 is 0 Å². The Bertz CT molecular complexity index is 284. The number of rotatable bonds is 3. The molecule has 0 unspecified atom stereocenters. The van der Waals surface area contributed by atoms with E-state index in [1.165, 1.54) is 6.42 Å². The van der Waals surface area contributed by atoms with E-state index in [0.717, 1.165) is 25.7 Å². The molecule has 4 heteroatoms. The van der Waals surface area contributed by atoms with Crippen LogP contribution in [-0.4, -0.2) is 20.2 Å². The van der Waals surface area contributed by atoms with E-state index in [2.05, 4.69) is 4.72 Å². The van der Waals surface area contributed by atoms with Gasteiger partial charge in [0.25, 0.3) is 0 Å². The van der Waals surface area contributed by atoms with Gasteiger partial charge in [-0.1, -0.05) is 40.0 Å². The van der Waals surface area contributed by atoms with E-state index in [1.807, 2.05) is 20.8 Å². The van der Waals surface area contributed by atoms with E-state index in [-0.39, 0.29) is 17.2 Å². The third kappa shape index (κ3) is 5.52. The third-order valence-corrected chi connectivity index (χ3v) is 4.51. The number of nitrogens with one attached hydrogen (secondary N) is 1. The van der Waals surface area contributed by atoms with Gasteiger partial charge in [-0.05, 0) is 18.3 Å². The van der Waals surface area contributed by atoms with Crippen molar-refractivity contribution in [1.29, 1.82) is 0 Å². The molecule has 0 saturated heterocycles. The highest BCUT2D eigenvalue weighted by atomic mass is 32.2. The predicted octanol–water partition coefficient (Wildman–Crippen LogP) is 2.28. The Morgan fingerprint density at radius 1 is 1.13 bits per heavy atom. The third-order valence-electron chi connectivity index (χ3n) is 2.57. The molecule has 0 amide bonds. The van der Waals surface area contributed by atoms with E-state index in [9.17, 15) is 8.42 Å². The summed E-state index contributed by atoms with van der Waals surface area (Å²) in [5, 5.41) is 0. The summed E-state index contributed by atoms with van der Waals surface area (Å²) in [7, 11) is -3.09. The van der Waals surface area contributed by atoms with Crippen molar-refractivity contribution >= 4 is 10.0 Å². The molecular formula is C11H23NO2S. The fourth-order valence-electron chi connectivity index (χ4n) is 2.09. The minimum atomic E-state index is -3.09. The molecule has 1 rings (SSSR count). The molecule has 0 aromatic carbocycles. The average molecular weight is 233 g/mol. The second kappa shape index (κ2) is 4.83. The Balaban J connectivity index is 2.48. The molecule has 0 bridgehead atoms. The van der Waals surface area contributed by atoms with Gasteiger partial charge in [-0.25, -0.2) is 13.1 Å². The van der Waals surface area contributed by atoms with Crippen molar-refractivity contribution < 1.29 is 8.42 Å². The van der Waals surface area contributed by atoms with Crippen LogP contribution in [0.1, 0.15) is 52.9 Å². The van der Waals surface area contributed by atoms with Crippen LogP contribution < -0.4 is 4.72 Å². The molecule has 0 heterocycles. The second-order valence-electron chi connectivity index (χ2n) is 5.77. The summed E-state index contributed by atoms with van der Waals surface area (Å²) in [5.41, 5.74) is -0.166. The van der Waals surface area contributed by atoms with Crippen LogP contribution in [0.5, 0.6) is 0 Å². The summed E-state index contributed by atoms with van der Waals surface area (Å²) in [6.07, 6.45) is 5.57. The van der Waals surface area contributed by atoms with Gasteiger partial charge in [-0.2, -0.15) is 0 Å². The Hall–Kier alpha value is -0.0900. The summed E-state index contributed by atoms with van der Waals surface area (Å²) in [4.78, 5) is 0. The van der Waals surface area contributed by atoms with Crippen LogP contribution in [0, 0.1) is 5.41 Å². The lowest BCUT2D eigenvalue weighted by Crippen LogP contribution is -2.40. The summed E-state index contributed by atoms with van der Waals surface area (Å²) in [5.74, 6) is 0.219. The molecule has 15 heavy (non-hydrogen) atoms. The lowest BCUT2D eigenvalue weighted by molar-refractivity contribution is 0.404. The molecular weight excluding hydrogens is 210 g/mol. The lowest BCUT2D eigenvalue weighted by atomic mass is 9.96. The molecule has 0 atom stereocenters. The molecule has 1 N–H and O–H groups in total. The van der Waals surface area contributed by atoms with Gasteiger partial charge in [0.2, 0.25) is 10.0 Å². The second-order valence-corrected chi connectivity index (χ2v) is 7.53. The van der Waals surface area contributed by atoms with Gasteiger partial charge in [-0.3, -0.25) is 0 Å². The molecule has 1 saturated carbocycles. The molecule has 3 nitrogen and oxygen atoms in total. The topological polar surface area (TPSA) is 46.2 Å². The first-order valence-electron chi connectivity index (χ1n) is 5.78. The standard InChI is InChI=1S/C11H23NO2S/c1-11(2,3)9-15(13,14)12-10-7-5-4-6-8-10/h10,12H,4-9H2,1-3H3. The fraction of sp³-hybridized carbons (Fsp3) is 1.00. The first kappa shape index (κ1) is 13.0. The highest BCUT2D eigenvalue weighted by Gasteiger charge is 2.25. The predicted molar refractivity (Wildman–Crippen MR) is 63.3 cm³/mol. The van der Waals surface area contributed by atoms with Crippen LogP contribution >= 0.6 is 0 Å². The Morgan fingerprint density at radius 2 is 1.67 bits per heavy atom. The van der Waals surface area contributed by atoms with Crippen LogP contribution in [-0.2, 0) is 10.0 Å². The number of sulfonamides is 1. The summed E-state index contributed by atoms with van der Waals surface area (Å²) >= 11 is 0. The zero-order chi connectivity index (χ0) is 11.5. The van der Waals surface area contributed by atoms with Crippen LogP contribution in [0.4, 0.5) is 0 Å². The summed E-state index contributed by atoms with van der Waals surface area (Å²) < 4.78 is 26.4. The molecule has 0 aromatic heterocycles. The Morgan fingerprint density at radius 3 is 2.13 bits per heavy atom. The lowest BCUT2D eigenvalue weighted by Gasteiger charge is -2.25. The molecule has 0 aromatic rings. The average Bonchev–Trinajstić information content (AvgIpc) is 1.99. The minimum Gasteiger partial charge on any atom is -0.212 e. The monoisotopic (exact) mass is 233 g/mol. The van der Waals surface area contributed by atoms with E-state index in [1.54, 1.807) is 0 Å². The van der Waals surface area contributed by atoms with Crippen LogP contribution in [0.3, 0.4) is 0 Å². The SMILES string of the molecule is CC(C)(C)CS(=O)(=O)NC1CCCCC1. The zero-order valence-corrected chi connectivity index (χ0v) is 10.9. The zero-order valence-electron chi connectivity index (χ0n) is 10.0. The Labute approximate surface area is 93.7 Å². The molecule has 0 aliphatic heterocycles. The summed E-state index contributed by atoms with van der Waals surface area (Å²) in [6, 6.07) is 0.186. The van der Waals surface area contributed by atoms with Crippen molar-refractivity contribution in [3.05, 3.63) is 0 Å². The first-order valence-corrected chi connectivity index (χ1v) is 7.44. The van der Waals surface area contributed by atoms with Gasteiger partial charge in [0.1, 0.15) is 0 Å². The highest BCUT2D eigenvalue weighted by molar-refractivity contribution is 7.89. The molecule has 90 valence electrons. The van der Waals surface area contributed by atoms with Crippen molar-refractivity contribution in [3.63, 3.8) is 0 Å². The van der Waals surface area contributed by atoms with Crippen LogP contribution in [0.15, 0.2) is 0 Å². The molecule has 0 spiro atoms. The van der Waals surface area contributed by atoms with Crippen molar-refractivity contribution in [2.45, 2.75) is 58.9 Å². The van der Waals surface area contributed by atoms with E-state index in [4.69, 9.17) is 0 Å². The highest BCUT2D eigenvalue weighted by Crippen LogP contribution is 2.20. The van der Waals surface area contributed by atoms with Crippen molar-refractivity contribution in [1.82, 2.24) is 4.72 Å². The van der Waals surface area contributed by atoms with E-state index < -0.39 is 10.0 Å². The van der Waals surface area contributed by atoms with E-state index >= 15 is 0 Å². The largest absolute Gasteiger partial charge is 0.212 e. The molecule has 1 fully saturated rings. The maximum atomic E-state index is 11.8. The fourth-order valence-corrected chi connectivity index (χ4v) is 4.05. The van der Waals surface area contributed by atoms with Gasteiger partial charge in [0, 0.05) is 6.04 Å². The van der Waals surface area contributed by atoms with E-state index in [0.29, 0.717) is 0 Å². The molecule has 1 aliphatic rings. The van der Waals surface area contributed by atoms with Gasteiger partial charge < -0.3 is 0 Å². The minimum absolute atomic E-state index is 0.166. The smallest absolute Gasteiger partial charge is 0.212 e. The quantitative estimate of drug-likeness (QED) is 0.813. The number of hydrogen-bond donors (Lipinski definition) is 1. The summed E-state index contributed by atoms with van der Waals surface area (Å²) in [6.45, 7) is 5.85. The maximum Gasteiger partial charge on any atom is 0.212 e. The van der Waals surface area contributed by atoms with Gasteiger partial charge in [0.15, 0.2) is 0 Å². The molecule has 1 aliphatic carbocycles. The first-order chi connectivity index (χ1) is 6.79. The number of hydrogen-bond acceptors (Lipinski definition) is 2. The molecule has 0 radical (unpaired) electrons. The van der Waals surface area contributed by atoms with Crippen molar-refractivity contribution in [3.8, 4) is 0 Å². The normalized spacial score (nSPS) is 20.5. The van der Waals surface area contributed by atoms with Gasteiger partial charge in [0.05, 0.1) is 5.75 Å². The Kier molecular flexibility index (Phi) is 4.18.